The Hall–Kier alpha value is -1.14. The quantitative estimate of drug-likeness (QED) is 0.863. The molecule has 2 aromatic rings. The molecule has 0 aliphatic heterocycles. The topological polar surface area (TPSA) is 60.9 Å². The molecule has 0 bridgehead atoms. The molecule has 102 valence electrons. The molecule has 1 aromatic carbocycles. The Morgan fingerprint density at radius 2 is 2.32 bits per heavy atom. The Balaban J connectivity index is 2.62. The van der Waals surface area contributed by atoms with E-state index in [-0.39, 0.29) is 24.2 Å². The molecule has 19 heavy (non-hydrogen) atoms. The van der Waals surface area contributed by atoms with Gasteiger partial charge in [-0.1, -0.05) is 0 Å². The van der Waals surface area contributed by atoms with E-state index in [0.717, 1.165) is 5.52 Å². The standard InChI is InChI=1S/C12H12BrClFN3O/c1-6(2-11(16)19)18-10-3-7(13)8(15)4-9(10)17-12(18)5-14/h3-4,6H,2,5H2,1H3,(H2,16,19). The van der Waals surface area contributed by atoms with E-state index in [1.54, 1.807) is 6.07 Å². The third-order valence-electron chi connectivity index (χ3n) is 2.86. The van der Waals surface area contributed by atoms with Gasteiger partial charge < -0.3 is 10.3 Å². The second-order valence-corrected chi connectivity index (χ2v) is 5.43. The van der Waals surface area contributed by atoms with Crippen LogP contribution in [0.4, 0.5) is 4.39 Å². The molecule has 4 nitrogen and oxygen atoms in total. The maximum absolute atomic E-state index is 13.5. The minimum absolute atomic E-state index is 0.171. The van der Waals surface area contributed by atoms with Crippen molar-refractivity contribution in [1.29, 1.82) is 0 Å². The van der Waals surface area contributed by atoms with Gasteiger partial charge in [0.05, 0.1) is 21.4 Å². The number of rotatable bonds is 4. The Labute approximate surface area is 122 Å². The highest BCUT2D eigenvalue weighted by Gasteiger charge is 2.18. The maximum Gasteiger partial charge on any atom is 0.219 e. The summed E-state index contributed by atoms with van der Waals surface area (Å²) in [6.45, 7) is 1.85. The fourth-order valence-electron chi connectivity index (χ4n) is 2.11. The normalized spacial score (nSPS) is 12.8. The number of nitrogens with two attached hydrogens (primary N) is 1. The van der Waals surface area contributed by atoms with Crippen molar-refractivity contribution in [3.63, 3.8) is 0 Å². The van der Waals surface area contributed by atoms with Crippen molar-refractivity contribution in [2.24, 2.45) is 5.73 Å². The van der Waals surface area contributed by atoms with E-state index in [4.69, 9.17) is 17.3 Å². The fourth-order valence-corrected chi connectivity index (χ4v) is 2.63. The maximum atomic E-state index is 13.5. The summed E-state index contributed by atoms with van der Waals surface area (Å²) in [6.07, 6.45) is 0.171. The molecular weight excluding hydrogens is 337 g/mol. The van der Waals surface area contributed by atoms with E-state index in [9.17, 15) is 9.18 Å². The van der Waals surface area contributed by atoms with Gasteiger partial charge in [-0.3, -0.25) is 4.79 Å². The molecule has 2 rings (SSSR count). The summed E-state index contributed by atoms with van der Waals surface area (Å²) in [7, 11) is 0. The molecule has 0 saturated heterocycles. The fraction of sp³-hybridized carbons (Fsp3) is 0.333. The van der Waals surface area contributed by atoms with Gasteiger partial charge in [0, 0.05) is 18.5 Å². The average Bonchev–Trinajstić information content (AvgIpc) is 2.66. The summed E-state index contributed by atoms with van der Waals surface area (Å²) in [4.78, 5) is 15.3. The molecule has 1 heterocycles. The highest BCUT2D eigenvalue weighted by molar-refractivity contribution is 9.10. The summed E-state index contributed by atoms with van der Waals surface area (Å²) in [5, 5.41) is 0. The summed E-state index contributed by atoms with van der Waals surface area (Å²) in [5.74, 6) is -0.0309. The molecule has 0 aliphatic rings. The molecule has 0 spiro atoms. The van der Waals surface area contributed by atoms with Crippen molar-refractivity contribution in [3.05, 3.63) is 28.2 Å². The van der Waals surface area contributed by atoms with Crippen LogP contribution in [-0.4, -0.2) is 15.5 Å². The Morgan fingerprint density at radius 1 is 1.63 bits per heavy atom. The van der Waals surface area contributed by atoms with Gasteiger partial charge in [0.1, 0.15) is 11.6 Å². The predicted molar refractivity (Wildman–Crippen MR) is 75.5 cm³/mol. The number of aromatic nitrogens is 2. The molecule has 0 radical (unpaired) electrons. The lowest BCUT2D eigenvalue weighted by Gasteiger charge is -2.15. The number of carbonyl (C=O) groups excluding carboxylic acids is 1. The van der Waals surface area contributed by atoms with Crippen molar-refractivity contribution < 1.29 is 9.18 Å². The Kier molecular flexibility index (Phi) is 4.10. The monoisotopic (exact) mass is 347 g/mol. The highest BCUT2D eigenvalue weighted by atomic mass is 79.9. The van der Waals surface area contributed by atoms with Gasteiger partial charge in [-0.05, 0) is 28.9 Å². The first-order valence-electron chi connectivity index (χ1n) is 5.64. The van der Waals surface area contributed by atoms with Crippen molar-refractivity contribution >= 4 is 44.5 Å². The SMILES string of the molecule is CC(CC(N)=O)n1c(CCl)nc2cc(F)c(Br)cc21. The van der Waals surface area contributed by atoms with Gasteiger partial charge in [0.15, 0.2) is 0 Å². The number of carbonyl (C=O) groups is 1. The summed E-state index contributed by atoms with van der Waals surface area (Å²) in [5.41, 5.74) is 6.44. The smallest absolute Gasteiger partial charge is 0.219 e. The predicted octanol–water partition coefficient (Wildman–Crippen LogP) is 3.11. The van der Waals surface area contributed by atoms with E-state index >= 15 is 0 Å². The average molecular weight is 349 g/mol. The number of benzene rings is 1. The molecule has 1 amide bonds. The third-order valence-corrected chi connectivity index (χ3v) is 3.71. The van der Waals surface area contributed by atoms with E-state index in [1.807, 2.05) is 11.5 Å². The first-order chi connectivity index (χ1) is 8.93. The van der Waals surface area contributed by atoms with E-state index < -0.39 is 5.91 Å². The molecular formula is C12H12BrClFN3O. The molecule has 2 N–H and O–H groups in total. The second kappa shape index (κ2) is 5.46. The van der Waals surface area contributed by atoms with Gasteiger partial charge >= 0.3 is 0 Å². The van der Waals surface area contributed by atoms with Crippen molar-refractivity contribution in [2.45, 2.75) is 25.3 Å². The van der Waals surface area contributed by atoms with Gasteiger partial charge in [-0.2, -0.15) is 0 Å². The van der Waals surface area contributed by atoms with Crippen LogP contribution >= 0.6 is 27.5 Å². The molecule has 1 unspecified atom stereocenters. The molecule has 0 saturated carbocycles. The van der Waals surface area contributed by atoms with Crippen LogP contribution in [-0.2, 0) is 10.7 Å². The van der Waals surface area contributed by atoms with Crippen LogP contribution in [0.2, 0.25) is 0 Å². The van der Waals surface area contributed by atoms with Crippen LogP contribution in [0.15, 0.2) is 16.6 Å². The largest absolute Gasteiger partial charge is 0.370 e. The number of nitrogens with zero attached hydrogens (tertiary/aromatic N) is 2. The zero-order valence-electron chi connectivity index (χ0n) is 10.2. The summed E-state index contributed by atoms with van der Waals surface area (Å²) < 4.78 is 15.7. The first-order valence-corrected chi connectivity index (χ1v) is 6.97. The summed E-state index contributed by atoms with van der Waals surface area (Å²) in [6, 6.07) is 2.78. The number of amides is 1. The zero-order chi connectivity index (χ0) is 14.2. The number of halogens is 3. The molecule has 7 heteroatoms. The van der Waals surface area contributed by atoms with E-state index in [2.05, 4.69) is 20.9 Å². The lowest BCUT2D eigenvalue weighted by atomic mass is 10.2. The molecule has 0 fully saturated rings. The number of hydrogen-bond donors (Lipinski definition) is 1. The summed E-state index contributed by atoms with van der Waals surface area (Å²) >= 11 is 9.00. The number of fused-ring (bicyclic) bond motifs is 1. The van der Waals surface area contributed by atoms with E-state index in [1.165, 1.54) is 6.07 Å². The Morgan fingerprint density at radius 3 is 2.89 bits per heavy atom. The van der Waals surface area contributed by atoms with Crippen LogP contribution in [0.1, 0.15) is 25.2 Å². The van der Waals surface area contributed by atoms with Crippen molar-refractivity contribution in [2.75, 3.05) is 0 Å². The van der Waals surface area contributed by atoms with Crippen LogP contribution in [0, 0.1) is 5.82 Å². The lowest BCUT2D eigenvalue weighted by Crippen LogP contribution is -2.18. The number of primary amides is 1. The van der Waals surface area contributed by atoms with Gasteiger partial charge in [0.2, 0.25) is 5.91 Å². The van der Waals surface area contributed by atoms with E-state index in [0.29, 0.717) is 15.8 Å². The van der Waals surface area contributed by atoms with Crippen LogP contribution in [0.5, 0.6) is 0 Å². The van der Waals surface area contributed by atoms with Gasteiger partial charge in [-0.15, -0.1) is 11.6 Å². The third kappa shape index (κ3) is 2.74. The number of alkyl halides is 1. The number of imidazole rings is 1. The first kappa shape index (κ1) is 14.3. The molecule has 0 aliphatic carbocycles. The molecule has 1 atom stereocenters. The minimum atomic E-state index is -0.406. The highest BCUT2D eigenvalue weighted by Crippen LogP contribution is 2.28. The van der Waals surface area contributed by atoms with Crippen LogP contribution < -0.4 is 5.73 Å². The minimum Gasteiger partial charge on any atom is -0.370 e. The van der Waals surface area contributed by atoms with Gasteiger partial charge in [0.25, 0.3) is 0 Å². The van der Waals surface area contributed by atoms with Crippen LogP contribution in [0.25, 0.3) is 11.0 Å². The molecule has 1 aromatic heterocycles. The van der Waals surface area contributed by atoms with Crippen molar-refractivity contribution in [3.8, 4) is 0 Å². The number of hydrogen-bond acceptors (Lipinski definition) is 2. The van der Waals surface area contributed by atoms with Crippen LogP contribution in [0.3, 0.4) is 0 Å². The lowest BCUT2D eigenvalue weighted by molar-refractivity contribution is -0.118. The second-order valence-electron chi connectivity index (χ2n) is 4.31. The zero-order valence-corrected chi connectivity index (χ0v) is 12.5. The van der Waals surface area contributed by atoms with Gasteiger partial charge in [-0.25, -0.2) is 9.37 Å². The van der Waals surface area contributed by atoms with Crippen molar-refractivity contribution in [1.82, 2.24) is 9.55 Å². The Bertz CT molecular complexity index is 643.